The van der Waals surface area contributed by atoms with Crippen LogP contribution in [0.4, 0.5) is 5.69 Å². The maximum Gasteiger partial charge on any atom is 0.131 e. The molecule has 4 heteroatoms. The molecule has 0 heterocycles. The van der Waals surface area contributed by atoms with E-state index in [1.54, 1.807) is 0 Å². The van der Waals surface area contributed by atoms with Gasteiger partial charge in [0.15, 0.2) is 0 Å². The molecular formula is C25H23BrN2O. The normalized spacial score (nSPS) is 12.1. The molecule has 0 radical (unpaired) electrons. The predicted molar refractivity (Wildman–Crippen MR) is 124 cm³/mol. The summed E-state index contributed by atoms with van der Waals surface area (Å²) in [5, 5.41) is 19.7. The van der Waals surface area contributed by atoms with Crippen molar-refractivity contribution in [3.63, 3.8) is 0 Å². The van der Waals surface area contributed by atoms with E-state index in [0.717, 1.165) is 15.7 Å². The monoisotopic (exact) mass is 446 g/mol. The van der Waals surface area contributed by atoms with Gasteiger partial charge in [0.25, 0.3) is 0 Å². The summed E-state index contributed by atoms with van der Waals surface area (Å²) in [6.07, 6.45) is -0.737. The van der Waals surface area contributed by atoms with Crippen LogP contribution in [0.1, 0.15) is 22.9 Å². The topological polar surface area (TPSA) is 44.3 Å². The lowest BCUT2D eigenvalue weighted by molar-refractivity contribution is 0.137. The third-order valence-electron chi connectivity index (χ3n) is 5.01. The fourth-order valence-corrected chi connectivity index (χ4v) is 3.85. The molecule has 0 fully saturated rings. The highest BCUT2D eigenvalue weighted by Crippen LogP contribution is 2.22. The molecule has 0 aromatic heterocycles. The summed E-state index contributed by atoms with van der Waals surface area (Å²) in [6.45, 7) is 1.31. The standard InChI is InChI=1S/C25H23BrN2O/c26-24-14-4-2-8-21(24)17-27-22-12-6-10-19(15-22)25(29)28-16-20-11-5-9-18-7-1-3-13-23(18)20/h1-15,25,27-29H,16-17H2. The lowest BCUT2D eigenvalue weighted by atomic mass is 10.0. The van der Waals surface area contributed by atoms with E-state index >= 15 is 0 Å². The Labute approximate surface area is 179 Å². The Morgan fingerprint density at radius 3 is 2.38 bits per heavy atom. The van der Waals surface area contributed by atoms with E-state index < -0.39 is 6.23 Å². The first-order chi connectivity index (χ1) is 14.2. The molecule has 4 aromatic carbocycles. The predicted octanol–water partition coefficient (Wildman–Crippen LogP) is 6.00. The SMILES string of the molecule is OC(NCc1cccc2ccccc12)c1cccc(NCc2ccccc2Br)c1. The molecule has 0 amide bonds. The van der Waals surface area contributed by atoms with Gasteiger partial charge in [-0.05, 0) is 45.7 Å². The van der Waals surface area contributed by atoms with Gasteiger partial charge in [-0.3, -0.25) is 5.32 Å². The minimum absolute atomic E-state index is 0.594. The number of hydrogen-bond donors (Lipinski definition) is 3. The summed E-state index contributed by atoms with van der Waals surface area (Å²) in [5.74, 6) is 0. The van der Waals surface area contributed by atoms with Crippen molar-refractivity contribution in [3.8, 4) is 0 Å². The van der Waals surface area contributed by atoms with Crippen LogP contribution in [0.5, 0.6) is 0 Å². The maximum absolute atomic E-state index is 10.7. The molecule has 1 atom stereocenters. The van der Waals surface area contributed by atoms with Crippen LogP contribution < -0.4 is 10.6 Å². The lowest BCUT2D eigenvalue weighted by Gasteiger charge is -2.16. The molecule has 0 aliphatic heterocycles. The van der Waals surface area contributed by atoms with E-state index in [1.165, 1.54) is 21.9 Å². The molecule has 4 rings (SSSR count). The van der Waals surface area contributed by atoms with Gasteiger partial charge in [0.05, 0.1) is 0 Å². The van der Waals surface area contributed by atoms with E-state index in [2.05, 4.69) is 63.0 Å². The van der Waals surface area contributed by atoms with Crippen molar-refractivity contribution in [2.45, 2.75) is 19.3 Å². The quantitative estimate of drug-likeness (QED) is 0.305. The van der Waals surface area contributed by atoms with Crippen LogP contribution >= 0.6 is 15.9 Å². The molecule has 0 saturated heterocycles. The molecule has 0 spiro atoms. The van der Waals surface area contributed by atoms with Gasteiger partial charge in [-0.2, -0.15) is 0 Å². The van der Waals surface area contributed by atoms with E-state index in [1.807, 2.05) is 54.6 Å². The molecule has 0 saturated carbocycles. The zero-order valence-electron chi connectivity index (χ0n) is 16.0. The summed E-state index contributed by atoms with van der Waals surface area (Å²) < 4.78 is 1.08. The minimum Gasteiger partial charge on any atom is -0.381 e. The molecule has 0 aliphatic rings. The van der Waals surface area contributed by atoms with Crippen LogP contribution in [0.2, 0.25) is 0 Å². The molecule has 3 nitrogen and oxygen atoms in total. The van der Waals surface area contributed by atoms with Crippen molar-refractivity contribution >= 4 is 32.4 Å². The largest absolute Gasteiger partial charge is 0.381 e. The van der Waals surface area contributed by atoms with Gasteiger partial charge in [0.2, 0.25) is 0 Å². The van der Waals surface area contributed by atoms with Crippen LogP contribution in [0.15, 0.2) is 95.5 Å². The zero-order chi connectivity index (χ0) is 20.1. The second kappa shape index (κ2) is 9.23. The highest BCUT2D eigenvalue weighted by Gasteiger charge is 2.09. The molecule has 1 unspecified atom stereocenters. The van der Waals surface area contributed by atoms with Gasteiger partial charge >= 0.3 is 0 Å². The summed E-state index contributed by atoms with van der Waals surface area (Å²) in [4.78, 5) is 0. The highest BCUT2D eigenvalue weighted by molar-refractivity contribution is 9.10. The van der Waals surface area contributed by atoms with Crippen molar-refractivity contribution < 1.29 is 5.11 Å². The Balaban J connectivity index is 1.42. The van der Waals surface area contributed by atoms with E-state index in [4.69, 9.17) is 0 Å². The summed E-state index contributed by atoms with van der Waals surface area (Å²) in [5.41, 5.74) is 4.17. The van der Waals surface area contributed by atoms with Crippen LogP contribution in [0.25, 0.3) is 10.8 Å². The smallest absolute Gasteiger partial charge is 0.131 e. The maximum atomic E-state index is 10.7. The second-order valence-corrected chi connectivity index (χ2v) is 7.85. The third kappa shape index (κ3) is 4.85. The number of aliphatic hydroxyl groups excluding tert-OH is 1. The Bertz CT molecular complexity index is 1110. The number of hydrogen-bond acceptors (Lipinski definition) is 3. The Hall–Kier alpha value is -2.66. The van der Waals surface area contributed by atoms with Gasteiger partial charge in [-0.1, -0.05) is 88.7 Å². The summed E-state index contributed by atoms with van der Waals surface area (Å²) in [7, 11) is 0. The van der Waals surface area contributed by atoms with Gasteiger partial charge in [-0.15, -0.1) is 0 Å². The van der Waals surface area contributed by atoms with E-state index in [0.29, 0.717) is 13.1 Å². The molecule has 3 N–H and O–H groups in total. The number of aliphatic hydroxyl groups is 1. The Morgan fingerprint density at radius 2 is 1.48 bits per heavy atom. The third-order valence-corrected chi connectivity index (χ3v) is 5.78. The first-order valence-corrected chi connectivity index (χ1v) is 10.5. The van der Waals surface area contributed by atoms with Crippen molar-refractivity contribution in [3.05, 3.63) is 112 Å². The van der Waals surface area contributed by atoms with Crippen molar-refractivity contribution in [1.82, 2.24) is 5.32 Å². The number of rotatable bonds is 7. The summed E-state index contributed by atoms with van der Waals surface area (Å²) >= 11 is 3.58. The van der Waals surface area contributed by atoms with Gasteiger partial charge < -0.3 is 10.4 Å². The Kier molecular flexibility index (Phi) is 6.25. The van der Waals surface area contributed by atoms with Crippen molar-refractivity contribution in [2.75, 3.05) is 5.32 Å². The van der Waals surface area contributed by atoms with Crippen LogP contribution in [-0.2, 0) is 13.1 Å². The second-order valence-electron chi connectivity index (χ2n) is 6.99. The molecule has 0 bridgehead atoms. The Morgan fingerprint density at radius 1 is 0.759 bits per heavy atom. The number of anilines is 1. The van der Waals surface area contributed by atoms with E-state index in [9.17, 15) is 5.11 Å². The number of nitrogens with one attached hydrogen (secondary N) is 2. The van der Waals surface area contributed by atoms with Crippen LogP contribution in [0.3, 0.4) is 0 Å². The molecular weight excluding hydrogens is 424 g/mol. The van der Waals surface area contributed by atoms with Crippen LogP contribution in [0, 0.1) is 0 Å². The van der Waals surface area contributed by atoms with Crippen molar-refractivity contribution in [2.24, 2.45) is 0 Å². The highest BCUT2D eigenvalue weighted by atomic mass is 79.9. The van der Waals surface area contributed by atoms with Gasteiger partial charge in [0.1, 0.15) is 6.23 Å². The molecule has 29 heavy (non-hydrogen) atoms. The lowest BCUT2D eigenvalue weighted by Crippen LogP contribution is -2.20. The number of halogens is 1. The van der Waals surface area contributed by atoms with Crippen molar-refractivity contribution in [1.29, 1.82) is 0 Å². The first kappa shape index (κ1) is 19.6. The van der Waals surface area contributed by atoms with Crippen LogP contribution in [-0.4, -0.2) is 5.11 Å². The molecule has 4 aromatic rings. The average Bonchev–Trinajstić information content (AvgIpc) is 2.77. The van der Waals surface area contributed by atoms with Gasteiger partial charge in [-0.25, -0.2) is 0 Å². The van der Waals surface area contributed by atoms with E-state index in [-0.39, 0.29) is 0 Å². The first-order valence-electron chi connectivity index (χ1n) is 9.66. The van der Waals surface area contributed by atoms with Gasteiger partial charge in [0, 0.05) is 23.2 Å². The molecule has 146 valence electrons. The minimum atomic E-state index is -0.737. The fraction of sp³-hybridized carbons (Fsp3) is 0.120. The number of fused-ring (bicyclic) bond motifs is 1. The average molecular weight is 447 g/mol. The zero-order valence-corrected chi connectivity index (χ0v) is 17.6. The summed E-state index contributed by atoms with van der Waals surface area (Å²) in [6, 6.07) is 30.6. The molecule has 0 aliphatic carbocycles. The number of benzene rings is 4. The fourth-order valence-electron chi connectivity index (χ4n) is 3.43.